The van der Waals surface area contributed by atoms with Crippen LogP contribution in [0.1, 0.15) is 37.9 Å². The van der Waals surface area contributed by atoms with Gasteiger partial charge in [0.1, 0.15) is 5.75 Å². The van der Waals surface area contributed by atoms with Crippen LogP contribution in [0.2, 0.25) is 10.0 Å². The summed E-state index contributed by atoms with van der Waals surface area (Å²) in [4.78, 5) is 0. The van der Waals surface area contributed by atoms with E-state index >= 15 is 0 Å². The van der Waals surface area contributed by atoms with Crippen LogP contribution in [0.3, 0.4) is 0 Å². The topological polar surface area (TPSA) is 21.3 Å². The Morgan fingerprint density at radius 1 is 1.05 bits per heavy atom. The molecule has 0 saturated heterocycles. The molecule has 0 aliphatic rings. The third kappa shape index (κ3) is 4.64. The van der Waals surface area contributed by atoms with Gasteiger partial charge in [-0.3, -0.25) is 0 Å². The maximum atomic E-state index is 6.27. The molecule has 0 aromatic heterocycles. The smallest absolute Gasteiger partial charge is 0.142 e. The quantitative estimate of drug-likeness (QED) is 0.737. The summed E-state index contributed by atoms with van der Waals surface area (Å²) in [7, 11) is 0. The van der Waals surface area contributed by atoms with Crippen LogP contribution in [0.5, 0.6) is 5.75 Å². The molecule has 118 valence electrons. The summed E-state index contributed by atoms with van der Waals surface area (Å²) < 4.78 is 5.84. The van der Waals surface area contributed by atoms with E-state index in [2.05, 4.69) is 24.4 Å². The van der Waals surface area contributed by atoms with E-state index in [1.54, 1.807) is 6.07 Å². The van der Waals surface area contributed by atoms with Gasteiger partial charge >= 0.3 is 0 Å². The van der Waals surface area contributed by atoms with Gasteiger partial charge in [-0.1, -0.05) is 53.5 Å². The van der Waals surface area contributed by atoms with Crippen molar-refractivity contribution in [2.75, 3.05) is 0 Å². The first-order chi connectivity index (χ1) is 10.5. The second-order valence-corrected chi connectivity index (χ2v) is 6.40. The largest absolute Gasteiger partial charge is 0.489 e. The Kier molecular flexibility index (Phi) is 6.13. The Hall–Kier alpha value is -1.22. The maximum absolute atomic E-state index is 6.27. The summed E-state index contributed by atoms with van der Waals surface area (Å²) in [6.07, 6.45) is 0.0592. The lowest BCUT2D eigenvalue weighted by Crippen LogP contribution is -2.19. The highest BCUT2D eigenvalue weighted by molar-refractivity contribution is 6.35. The molecule has 1 atom stereocenters. The van der Waals surface area contributed by atoms with Crippen molar-refractivity contribution in [2.24, 2.45) is 0 Å². The fraction of sp³-hybridized carbons (Fsp3) is 0.333. The van der Waals surface area contributed by atoms with Crippen molar-refractivity contribution in [1.29, 1.82) is 0 Å². The molecular formula is C18H21Cl2NO. The lowest BCUT2D eigenvalue weighted by atomic mass is 10.1. The lowest BCUT2D eigenvalue weighted by molar-refractivity contribution is 0.239. The van der Waals surface area contributed by atoms with Crippen LogP contribution in [0.25, 0.3) is 0 Å². The number of ether oxygens (including phenoxy) is 1. The minimum atomic E-state index is 0.0592. The molecule has 0 aliphatic heterocycles. The van der Waals surface area contributed by atoms with Crippen molar-refractivity contribution in [3.63, 3.8) is 0 Å². The first-order valence-corrected chi connectivity index (χ1v) is 8.16. The van der Waals surface area contributed by atoms with Crippen LogP contribution in [-0.4, -0.2) is 6.10 Å². The third-order valence-electron chi connectivity index (χ3n) is 3.34. The van der Waals surface area contributed by atoms with Gasteiger partial charge in [0.05, 0.1) is 11.1 Å². The molecule has 2 nitrogen and oxygen atoms in total. The van der Waals surface area contributed by atoms with Crippen molar-refractivity contribution in [1.82, 2.24) is 5.32 Å². The molecule has 2 aromatic rings. The zero-order valence-electron chi connectivity index (χ0n) is 13.1. The van der Waals surface area contributed by atoms with Gasteiger partial charge in [0.15, 0.2) is 0 Å². The summed E-state index contributed by atoms with van der Waals surface area (Å²) >= 11 is 12.4. The predicted octanol–water partition coefficient (Wildman–Crippen LogP) is 5.63. The summed E-state index contributed by atoms with van der Waals surface area (Å²) in [5.74, 6) is 0.703. The highest BCUT2D eigenvalue weighted by Gasteiger charge is 2.13. The number of benzene rings is 2. The van der Waals surface area contributed by atoms with E-state index < -0.39 is 0 Å². The van der Waals surface area contributed by atoms with Gasteiger partial charge in [0.25, 0.3) is 0 Å². The molecular weight excluding hydrogens is 317 g/mol. The highest BCUT2D eigenvalue weighted by atomic mass is 35.5. The molecule has 22 heavy (non-hydrogen) atoms. The Balaban J connectivity index is 2.15. The molecule has 0 heterocycles. The van der Waals surface area contributed by atoms with E-state index in [0.717, 1.165) is 5.56 Å². The first-order valence-electron chi connectivity index (χ1n) is 7.40. The second-order valence-electron chi connectivity index (χ2n) is 5.56. The molecule has 1 N–H and O–H groups in total. The number of nitrogens with one attached hydrogen (secondary N) is 1. The zero-order valence-corrected chi connectivity index (χ0v) is 14.6. The molecule has 0 saturated carbocycles. The molecule has 4 heteroatoms. The molecule has 0 fully saturated rings. The summed E-state index contributed by atoms with van der Waals surface area (Å²) in [6, 6.07) is 14.1. The van der Waals surface area contributed by atoms with E-state index in [9.17, 15) is 0 Å². The standard InChI is InChI=1S/C18H21Cl2NO/c1-12(2)22-18-15(9-16(19)10-17(18)20)11-21-13(3)14-7-5-4-6-8-14/h4-10,12-13,21H,11H2,1-3H3/t13-/m0/s1. The van der Waals surface area contributed by atoms with Crippen LogP contribution in [0, 0.1) is 0 Å². The van der Waals surface area contributed by atoms with Crippen molar-refractivity contribution in [3.05, 3.63) is 63.6 Å². The van der Waals surface area contributed by atoms with E-state index in [0.29, 0.717) is 22.3 Å². The monoisotopic (exact) mass is 337 g/mol. The summed E-state index contributed by atoms with van der Waals surface area (Å²) in [5, 5.41) is 4.65. The van der Waals surface area contributed by atoms with Crippen LogP contribution in [0.4, 0.5) is 0 Å². The Bertz CT molecular complexity index is 614. The summed E-state index contributed by atoms with van der Waals surface area (Å²) in [5.41, 5.74) is 2.20. The number of rotatable bonds is 6. The van der Waals surface area contributed by atoms with Gasteiger partial charge < -0.3 is 10.1 Å². The molecule has 0 amide bonds. The van der Waals surface area contributed by atoms with Crippen molar-refractivity contribution < 1.29 is 4.74 Å². The average Bonchev–Trinajstić information content (AvgIpc) is 2.48. The van der Waals surface area contributed by atoms with Crippen molar-refractivity contribution in [2.45, 2.75) is 39.5 Å². The van der Waals surface area contributed by atoms with Crippen LogP contribution >= 0.6 is 23.2 Å². The molecule has 0 spiro atoms. The molecule has 0 aliphatic carbocycles. The average molecular weight is 338 g/mol. The van der Waals surface area contributed by atoms with E-state index in [4.69, 9.17) is 27.9 Å². The van der Waals surface area contributed by atoms with Gasteiger partial charge in [-0.05, 0) is 38.5 Å². The lowest BCUT2D eigenvalue weighted by Gasteiger charge is -2.19. The fourth-order valence-corrected chi connectivity index (χ4v) is 2.82. The van der Waals surface area contributed by atoms with Crippen molar-refractivity contribution >= 4 is 23.2 Å². The molecule has 2 aromatic carbocycles. The van der Waals surface area contributed by atoms with Gasteiger partial charge in [0, 0.05) is 23.2 Å². The SMILES string of the molecule is CC(C)Oc1c(Cl)cc(Cl)cc1CN[C@@H](C)c1ccccc1. The fourth-order valence-electron chi connectivity index (χ4n) is 2.24. The van der Waals surface area contributed by atoms with Crippen molar-refractivity contribution in [3.8, 4) is 5.75 Å². The summed E-state index contributed by atoms with van der Waals surface area (Å²) in [6.45, 7) is 6.73. The third-order valence-corrected chi connectivity index (χ3v) is 3.84. The first kappa shape index (κ1) is 17.1. The van der Waals surface area contributed by atoms with Gasteiger partial charge in [-0.25, -0.2) is 0 Å². The van der Waals surface area contributed by atoms with Crippen LogP contribution < -0.4 is 10.1 Å². The van der Waals surface area contributed by atoms with Gasteiger partial charge in [0.2, 0.25) is 0 Å². The minimum Gasteiger partial charge on any atom is -0.489 e. The Morgan fingerprint density at radius 3 is 2.36 bits per heavy atom. The minimum absolute atomic E-state index is 0.0592. The zero-order chi connectivity index (χ0) is 16.1. The molecule has 0 radical (unpaired) electrons. The van der Waals surface area contributed by atoms with E-state index in [1.807, 2.05) is 38.1 Å². The van der Waals surface area contributed by atoms with Gasteiger partial charge in [-0.2, -0.15) is 0 Å². The number of hydrogen-bond donors (Lipinski definition) is 1. The predicted molar refractivity (Wildman–Crippen MR) is 93.9 cm³/mol. The highest BCUT2D eigenvalue weighted by Crippen LogP contribution is 2.33. The normalized spacial score (nSPS) is 12.5. The Labute approximate surface area is 142 Å². The van der Waals surface area contributed by atoms with E-state index in [-0.39, 0.29) is 12.1 Å². The Morgan fingerprint density at radius 2 is 1.73 bits per heavy atom. The number of halogens is 2. The van der Waals surface area contributed by atoms with Crippen LogP contribution in [0.15, 0.2) is 42.5 Å². The van der Waals surface area contributed by atoms with E-state index in [1.165, 1.54) is 5.56 Å². The second kappa shape index (κ2) is 7.87. The molecule has 0 unspecified atom stereocenters. The van der Waals surface area contributed by atoms with Crippen LogP contribution in [-0.2, 0) is 6.54 Å². The maximum Gasteiger partial charge on any atom is 0.142 e. The number of hydrogen-bond acceptors (Lipinski definition) is 2. The van der Waals surface area contributed by atoms with Gasteiger partial charge in [-0.15, -0.1) is 0 Å². The molecule has 2 rings (SSSR count). The molecule has 0 bridgehead atoms.